The molecule has 0 unspecified atom stereocenters. The van der Waals surface area contributed by atoms with Gasteiger partial charge in [-0.1, -0.05) is 62.3 Å². The number of carboxylic acid groups (broad SMARTS) is 1. The minimum atomic E-state index is -0.783. The molecule has 2 aliphatic heterocycles. The molecule has 2 bridgehead atoms. The first kappa shape index (κ1) is 21.6. The summed E-state index contributed by atoms with van der Waals surface area (Å²) in [6.45, 7) is 6.09. The summed E-state index contributed by atoms with van der Waals surface area (Å²) < 4.78 is 12.1. The lowest BCUT2D eigenvalue weighted by Crippen LogP contribution is -2.28. The Balaban J connectivity index is 1.27. The van der Waals surface area contributed by atoms with Gasteiger partial charge >= 0.3 is 12.0 Å². The predicted molar refractivity (Wildman–Crippen MR) is 124 cm³/mol. The highest BCUT2D eigenvalue weighted by Crippen LogP contribution is 2.57. The highest BCUT2D eigenvalue weighted by molar-refractivity contribution is 5.69. The number of ether oxygens (including phenoxy) is 1. The zero-order valence-electron chi connectivity index (χ0n) is 19.2. The highest BCUT2D eigenvalue weighted by atomic mass is 16.5. The lowest BCUT2D eigenvalue weighted by atomic mass is 9.77. The molecule has 0 radical (unpaired) electrons. The lowest BCUT2D eigenvalue weighted by Gasteiger charge is -2.25. The molecule has 2 saturated heterocycles. The second kappa shape index (κ2) is 7.70. The normalized spacial score (nSPS) is 24.2. The number of benzene rings is 2. The molecule has 3 heterocycles. The van der Waals surface area contributed by atoms with Crippen LogP contribution in [-0.2, 0) is 20.5 Å². The largest absolute Gasteiger partial charge is 0.481 e. The number of aliphatic carboxylic acids is 1. The van der Waals surface area contributed by atoms with Gasteiger partial charge in [-0.2, -0.15) is 0 Å². The number of fused-ring (bicyclic) bond motifs is 2. The van der Waals surface area contributed by atoms with Crippen molar-refractivity contribution in [2.45, 2.75) is 69.5 Å². The minimum Gasteiger partial charge on any atom is -0.481 e. The second-order valence-corrected chi connectivity index (χ2v) is 10.3. The van der Waals surface area contributed by atoms with E-state index >= 15 is 0 Å². The van der Waals surface area contributed by atoms with Crippen molar-refractivity contribution in [3.63, 3.8) is 0 Å². The molecule has 0 saturated carbocycles. The maximum atomic E-state index is 11.3. The van der Waals surface area contributed by atoms with Gasteiger partial charge in [-0.3, -0.25) is 4.79 Å². The molecule has 33 heavy (non-hydrogen) atoms. The Hall–Kier alpha value is -3.19. The van der Waals surface area contributed by atoms with Gasteiger partial charge in [0.15, 0.2) is 0 Å². The summed E-state index contributed by atoms with van der Waals surface area (Å²) in [5, 5.41) is 20.6. The van der Waals surface area contributed by atoms with Gasteiger partial charge in [0.2, 0.25) is 5.89 Å². The molecule has 0 atom stereocenters. The quantitative estimate of drug-likeness (QED) is 0.493. The molecule has 0 spiro atoms. The third-order valence-electron chi connectivity index (χ3n) is 6.80. The number of hydrogen-bond acceptors (Lipinski definition) is 6. The molecule has 0 aliphatic carbocycles. The first-order valence-corrected chi connectivity index (χ1v) is 11.4. The molecule has 7 heteroatoms. The molecule has 2 fully saturated rings. The van der Waals surface area contributed by atoms with Crippen LogP contribution in [0.15, 0.2) is 52.9 Å². The number of aromatic nitrogens is 2. The van der Waals surface area contributed by atoms with E-state index in [0.29, 0.717) is 11.9 Å². The number of nitrogens with zero attached hydrogens (tertiary/aromatic N) is 2. The fraction of sp³-hybridized carbons (Fsp3) is 0.423. The average Bonchev–Trinajstić information content (AvgIpc) is 3.48. The second-order valence-electron chi connectivity index (χ2n) is 10.3. The van der Waals surface area contributed by atoms with Gasteiger partial charge in [-0.15, -0.1) is 5.10 Å². The Bertz CT molecular complexity index is 1150. The average molecular weight is 448 g/mol. The van der Waals surface area contributed by atoms with Crippen molar-refractivity contribution in [1.82, 2.24) is 10.2 Å². The number of rotatable bonds is 6. The molecule has 172 valence electrons. The first-order chi connectivity index (χ1) is 15.7. The molecule has 5 rings (SSSR count). The van der Waals surface area contributed by atoms with Gasteiger partial charge in [0.05, 0.1) is 17.6 Å². The van der Waals surface area contributed by atoms with Crippen LogP contribution in [0.3, 0.4) is 0 Å². The van der Waals surface area contributed by atoms with E-state index < -0.39 is 11.6 Å². The number of anilines is 2. The summed E-state index contributed by atoms with van der Waals surface area (Å²) in [6.07, 6.45) is 3.48. The Morgan fingerprint density at radius 1 is 0.970 bits per heavy atom. The molecule has 3 aromatic rings. The van der Waals surface area contributed by atoms with E-state index in [2.05, 4.69) is 51.9 Å². The summed E-state index contributed by atoms with van der Waals surface area (Å²) in [5.74, 6) is -0.190. The number of carbonyl (C=O) groups is 1. The van der Waals surface area contributed by atoms with Gasteiger partial charge in [0, 0.05) is 11.1 Å². The Kier molecular flexibility index (Phi) is 5.05. The summed E-state index contributed by atoms with van der Waals surface area (Å²) in [5.41, 5.74) is 3.21. The van der Waals surface area contributed by atoms with Crippen molar-refractivity contribution in [3.8, 4) is 11.1 Å². The standard InChI is InChI=1S/C26H29N3O4/c1-24(2,3)22-28-29-23(32-22)27-20-10-6-18(7-11-20)17-4-8-19(9-5-17)26-14-12-25(33-26,13-15-26)16-21(30)31/h4-11H,12-16H2,1-3H3,(H,27,29)(H,30,31). The van der Waals surface area contributed by atoms with Gasteiger partial charge in [0.25, 0.3) is 0 Å². The smallest absolute Gasteiger partial charge is 0.320 e. The van der Waals surface area contributed by atoms with Gasteiger partial charge in [-0.05, 0) is 54.5 Å². The van der Waals surface area contributed by atoms with E-state index in [-0.39, 0.29) is 17.4 Å². The molecular weight excluding hydrogens is 418 g/mol. The van der Waals surface area contributed by atoms with Crippen LogP contribution in [0.1, 0.15) is 64.3 Å². The van der Waals surface area contributed by atoms with Crippen LogP contribution >= 0.6 is 0 Å². The van der Waals surface area contributed by atoms with Crippen molar-refractivity contribution in [1.29, 1.82) is 0 Å². The SMILES string of the molecule is CC(C)(C)c1nnc(Nc2ccc(-c3ccc(C45CCC(CC(=O)O)(CC4)O5)cc3)cc2)o1. The van der Waals surface area contributed by atoms with Crippen LogP contribution in [0.2, 0.25) is 0 Å². The molecule has 7 nitrogen and oxygen atoms in total. The fourth-order valence-electron chi connectivity index (χ4n) is 4.98. The monoisotopic (exact) mass is 447 g/mol. The fourth-order valence-corrected chi connectivity index (χ4v) is 4.98. The Morgan fingerprint density at radius 2 is 1.58 bits per heavy atom. The van der Waals surface area contributed by atoms with E-state index in [1.54, 1.807) is 0 Å². The maximum absolute atomic E-state index is 11.3. The van der Waals surface area contributed by atoms with Crippen molar-refractivity contribution < 1.29 is 19.1 Å². The van der Waals surface area contributed by atoms with Gasteiger partial charge < -0.3 is 19.6 Å². The number of nitrogens with one attached hydrogen (secondary N) is 1. The zero-order chi connectivity index (χ0) is 23.3. The van der Waals surface area contributed by atoms with Crippen LogP contribution in [0.4, 0.5) is 11.7 Å². The van der Waals surface area contributed by atoms with Crippen molar-refractivity contribution in [3.05, 3.63) is 60.0 Å². The summed E-state index contributed by atoms with van der Waals surface area (Å²) in [6, 6.07) is 16.9. The van der Waals surface area contributed by atoms with Crippen LogP contribution in [0.5, 0.6) is 0 Å². The Morgan fingerprint density at radius 3 is 2.12 bits per heavy atom. The minimum absolute atomic E-state index is 0.0916. The van der Waals surface area contributed by atoms with Crippen LogP contribution in [-0.4, -0.2) is 26.9 Å². The molecule has 2 aliphatic rings. The lowest BCUT2D eigenvalue weighted by molar-refractivity contribution is -0.144. The topological polar surface area (TPSA) is 97.5 Å². The summed E-state index contributed by atoms with van der Waals surface area (Å²) in [4.78, 5) is 11.3. The predicted octanol–water partition coefficient (Wildman–Crippen LogP) is 5.79. The van der Waals surface area contributed by atoms with Crippen molar-refractivity contribution >= 4 is 17.7 Å². The first-order valence-electron chi connectivity index (χ1n) is 11.4. The molecule has 1 aromatic heterocycles. The summed E-state index contributed by atoms with van der Waals surface area (Å²) in [7, 11) is 0. The van der Waals surface area contributed by atoms with E-state index in [4.69, 9.17) is 9.15 Å². The third kappa shape index (κ3) is 4.13. The highest BCUT2D eigenvalue weighted by Gasteiger charge is 2.56. The van der Waals surface area contributed by atoms with Crippen molar-refractivity contribution in [2.75, 3.05) is 5.32 Å². The third-order valence-corrected chi connectivity index (χ3v) is 6.80. The van der Waals surface area contributed by atoms with E-state index in [9.17, 15) is 9.90 Å². The molecule has 2 N–H and O–H groups in total. The number of hydrogen-bond donors (Lipinski definition) is 2. The van der Waals surface area contributed by atoms with Gasteiger partial charge in [-0.25, -0.2) is 0 Å². The molecule has 2 aromatic carbocycles. The van der Waals surface area contributed by atoms with Crippen LogP contribution in [0, 0.1) is 0 Å². The van der Waals surface area contributed by atoms with Crippen LogP contribution in [0.25, 0.3) is 11.1 Å². The van der Waals surface area contributed by atoms with E-state index in [1.165, 1.54) is 0 Å². The summed E-state index contributed by atoms with van der Waals surface area (Å²) >= 11 is 0. The van der Waals surface area contributed by atoms with E-state index in [0.717, 1.165) is 48.1 Å². The number of carboxylic acids is 1. The van der Waals surface area contributed by atoms with Gasteiger partial charge in [0.1, 0.15) is 0 Å². The zero-order valence-corrected chi connectivity index (χ0v) is 19.2. The maximum Gasteiger partial charge on any atom is 0.320 e. The van der Waals surface area contributed by atoms with E-state index in [1.807, 2.05) is 32.9 Å². The van der Waals surface area contributed by atoms with Crippen molar-refractivity contribution in [2.24, 2.45) is 0 Å². The Labute approximate surface area is 193 Å². The van der Waals surface area contributed by atoms with Crippen LogP contribution < -0.4 is 5.32 Å². The molecule has 0 amide bonds. The molecular formula is C26H29N3O4.